The molecule has 4 N–H and O–H groups in total. The van der Waals surface area contributed by atoms with E-state index in [0.717, 1.165) is 6.42 Å². The van der Waals surface area contributed by atoms with Gasteiger partial charge < -0.3 is 20.9 Å². The van der Waals surface area contributed by atoms with Gasteiger partial charge in [0.25, 0.3) is 0 Å². The molecular weight excluding hydrogens is 329 g/mol. The summed E-state index contributed by atoms with van der Waals surface area (Å²) < 4.78 is 14.6. The maximum atomic E-state index is 14.5. The van der Waals surface area contributed by atoms with Crippen molar-refractivity contribution in [2.24, 2.45) is 16.8 Å². The molecule has 0 aliphatic carbocycles. The summed E-state index contributed by atoms with van der Waals surface area (Å²) in [5, 5.41) is 21.0. The molecule has 2 unspecified atom stereocenters. The zero-order chi connectivity index (χ0) is 14.9. The average Bonchev–Trinajstić information content (AvgIpc) is 2.81. The number of rotatable bonds is 3. The highest BCUT2D eigenvalue weighted by Gasteiger charge is 2.32. The minimum absolute atomic E-state index is 0.0137. The van der Waals surface area contributed by atoms with Gasteiger partial charge in [0.15, 0.2) is 11.7 Å². The molecule has 0 saturated carbocycles. The number of benzene rings is 1. The van der Waals surface area contributed by atoms with Crippen molar-refractivity contribution in [3.8, 4) is 0 Å². The van der Waals surface area contributed by atoms with Crippen LogP contribution in [0.2, 0.25) is 0 Å². The zero-order valence-corrected chi connectivity index (χ0v) is 12.6. The van der Waals surface area contributed by atoms with Gasteiger partial charge in [0.05, 0.1) is 22.8 Å². The van der Waals surface area contributed by atoms with Crippen LogP contribution in [-0.2, 0) is 0 Å². The van der Waals surface area contributed by atoms with Gasteiger partial charge in [-0.25, -0.2) is 4.39 Å². The summed E-state index contributed by atoms with van der Waals surface area (Å²) in [4.78, 5) is 1.86. The lowest BCUT2D eigenvalue weighted by Gasteiger charge is -2.28. The number of anilines is 1. The smallest absolute Gasteiger partial charge is 0.171 e. The molecule has 1 heterocycles. The molecule has 2 atom stereocenters. The molecule has 7 heteroatoms. The summed E-state index contributed by atoms with van der Waals surface area (Å²) in [5.41, 5.74) is 6.20. The molecule has 1 aliphatic rings. The normalized spacial score (nSPS) is 23.4. The average molecular weight is 346 g/mol. The molecule has 1 aliphatic heterocycles. The third-order valence-electron chi connectivity index (χ3n) is 3.82. The molecular formula is C13H17BrFN3O2. The molecule has 0 aromatic heterocycles. The summed E-state index contributed by atoms with van der Waals surface area (Å²) in [6, 6.07) is 3.09. The third-order valence-corrected chi connectivity index (χ3v) is 4.60. The van der Waals surface area contributed by atoms with Gasteiger partial charge in [0, 0.05) is 12.1 Å². The molecule has 1 saturated heterocycles. The summed E-state index contributed by atoms with van der Waals surface area (Å²) in [6.45, 7) is 2.72. The van der Waals surface area contributed by atoms with E-state index in [1.165, 1.54) is 0 Å². The lowest BCUT2D eigenvalue weighted by molar-refractivity contribution is 0.244. The number of amidine groups is 1. The Balaban J connectivity index is 2.42. The van der Waals surface area contributed by atoms with Gasteiger partial charge in [-0.05, 0) is 40.4 Å². The van der Waals surface area contributed by atoms with Gasteiger partial charge in [0.2, 0.25) is 0 Å². The van der Waals surface area contributed by atoms with Crippen LogP contribution in [0.15, 0.2) is 21.8 Å². The van der Waals surface area contributed by atoms with Gasteiger partial charge in [-0.1, -0.05) is 12.1 Å². The molecule has 0 spiro atoms. The fourth-order valence-electron chi connectivity index (χ4n) is 2.60. The zero-order valence-electron chi connectivity index (χ0n) is 11.1. The van der Waals surface area contributed by atoms with Crippen LogP contribution in [-0.4, -0.2) is 35.3 Å². The summed E-state index contributed by atoms with van der Waals surface area (Å²) in [5.74, 6) is -0.320. The van der Waals surface area contributed by atoms with Crippen LogP contribution in [0.5, 0.6) is 0 Å². The van der Waals surface area contributed by atoms with E-state index < -0.39 is 5.82 Å². The fourth-order valence-corrected chi connectivity index (χ4v) is 3.14. The number of nitrogens with zero attached hydrogens (tertiary/aromatic N) is 2. The first kappa shape index (κ1) is 15.1. The van der Waals surface area contributed by atoms with Crippen LogP contribution in [0.4, 0.5) is 10.1 Å². The molecule has 0 amide bonds. The number of halogens is 2. The number of aliphatic hydroxyl groups is 1. The van der Waals surface area contributed by atoms with E-state index in [0.29, 0.717) is 23.7 Å². The highest BCUT2D eigenvalue weighted by Crippen LogP contribution is 2.35. The van der Waals surface area contributed by atoms with Crippen molar-refractivity contribution in [2.45, 2.75) is 19.4 Å². The molecule has 20 heavy (non-hydrogen) atoms. The lowest BCUT2D eigenvalue weighted by atomic mass is 10.0. The van der Waals surface area contributed by atoms with Crippen LogP contribution < -0.4 is 10.6 Å². The molecule has 0 bridgehead atoms. The first-order valence-electron chi connectivity index (χ1n) is 6.34. The molecule has 1 fully saturated rings. The minimum atomic E-state index is -0.471. The third kappa shape index (κ3) is 2.47. The Morgan fingerprint density at radius 1 is 1.60 bits per heavy atom. The maximum absolute atomic E-state index is 14.5. The Morgan fingerprint density at radius 3 is 2.90 bits per heavy atom. The van der Waals surface area contributed by atoms with Gasteiger partial charge in [-0.3, -0.25) is 0 Å². The Kier molecular flexibility index (Phi) is 4.49. The Hall–Kier alpha value is -1.34. The van der Waals surface area contributed by atoms with Crippen LogP contribution >= 0.6 is 15.9 Å². The van der Waals surface area contributed by atoms with E-state index in [1.807, 2.05) is 11.8 Å². The molecule has 0 radical (unpaired) electrons. The van der Waals surface area contributed by atoms with Gasteiger partial charge >= 0.3 is 0 Å². The van der Waals surface area contributed by atoms with Crippen molar-refractivity contribution in [3.05, 3.63) is 28.0 Å². The fraction of sp³-hybridized carbons (Fsp3) is 0.462. The molecule has 110 valence electrons. The number of aliphatic hydroxyl groups excluding tert-OH is 1. The highest BCUT2D eigenvalue weighted by molar-refractivity contribution is 9.10. The second-order valence-corrected chi connectivity index (χ2v) is 5.75. The predicted molar refractivity (Wildman–Crippen MR) is 78.6 cm³/mol. The Labute approximate surface area is 125 Å². The Bertz CT molecular complexity index is 539. The summed E-state index contributed by atoms with van der Waals surface area (Å²) in [7, 11) is 0. The molecule has 1 aromatic carbocycles. The summed E-state index contributed by atoms with van der Waals surface area (Å²) >= 11 is 3.14. The predicted octanol–water partition coefficient (Wildman–Crippen LogP) is 1.89. The molecule has 5 nitrogen and oxygen atoms in total. The van der Waals surface area contributed by atoms with E-state index in [-0.39, 0.29) is 23.0 Å². The minimum Gasteiger partial charge on any atom is -0.409 e. The topological polar surface area (TPSA) is 82.1 Å². The van der Waals surface area contributed by atoms with Crippen molar-refractivity contribution in [3.63, 3.8) is 0 Å². The van der Waals surface area contributed by atoms with E-state index in [2.05, 4.69) is 21.1 Å². The van der Waals surface area contributed by atoms with Gasteiger partial charge in [-0.2, -0.15) is 0 Å². The molecule has 1 aromatic rings. The quantitative estimate of drug-likeness (QED) is 0.338. The van der Waals surface area contributed by atoms with Gasteiger partial charge in [0.1, 0.15) is 0 Å². The Morgan fingerprint density at radius 2 is 2.30 bits per heavy atom. The van der Waals surface area contributed by atoms with Crippen molar-refractivity contribution in [1.82, 2.24) is 0 Å². The standard InChI is InChI=1S/C13H17BrFN3O2/c1-7-4-5-18(10(7)6-19)9-3-2-8(13(16)17-20)11(14)12(9)15/h2-3,7,10,19-20H,4-6H2,1H3,(H2,16,17). The number of hydrogen-bond donors (Lipinski definition) is 3. The van der Waals surface area contributed by atoms with E-state index in [9.17, 15) is 9.50 Å². The SMILES string of the molecule is CC1CCN(c2ccc(/C(N)=N/O)c(Br)c2F)C1CO. The first-order valence-corrected chi connectivity index (χ1v) is 7.14. The number of hydrogen-bond acceptors (Lipinski definition) is 4. The monoisotopic (exact) mass is 345 g/mol. The maximum Gasteiger partial charge on any atom is 0.171 e. The van der Waals surface area contributed by atoms with E-state index in [4.69, 9.17) is 10.9 Å². The number of oxime groups is 1. The first-order chi connectivity index (χ1) is 9.51. The van der Waals surface area contributed by atoms with Crippen molar-refractivity contribution in [1.29, 1.82) is 0 Å². The van der Waals surface area contributed by atoms with Crippen molar-refractivity contribution in [2.75, 3.05) is 18.1 Å². The second-order valence-electron chi connectivity index (χ2n) is 4.95. The molecule has 2 rings (SSSR count). The van der Waals surface area contributed by atoms with Gasteiger partial charge in [-0.15, -0.1) is 0 Å². The van der Waals surface area contributed by atoms with Crippen LogP contribution in [0.1, 0.15) is 18.9 Å². The lowest BCUT2D eigenvalue weighted by Crippen LogP contribution is -2.35. The highest BCUT2D eigenvalue weighted by atomic mass is 79.9. The summed E-state index contributed by atoms with van der Waals surface area (Å²) in [6.07, 6.45) is 0.907. The van der Waals surface area contributed by atoms with Crippen LogP contribution in [0.3, 0.4) is 0 Å². The van der Waals surface area contributed by atoms with E-state index in [1.54, 1.807) is 12.1 Å². The van der Waals surface area contributed by atoms with Crippen molar-refractivity contribution < 1.29 is 14.7 Å². The largest absolute Gasteiger partial charge is 0.409 e. The van der Waals surface area contributed by atoms with Crippen LogP contribution in [0, 0.1) is 11.7 Å². The van der Waals surface area contributed by atoms with Crippen molar-refractivity contribution >= 4 is 27.5 Å². The number of nitrogens with two attached hydrogens (primary N) is 1. The van der Waals surface area contributed by atoms with Crippen LogP contribution in [0.25, 0.3) is 0 Å². The second kappa shape index (κ2) is 5.97. The van der Waals surface area contributed by atoms with E-state index >= 15 is 0 Å².